The lowest BCUT2D eigenvalue weighted by molar-refractivity contribution is 0.415. The predicted molar refractivity (Wildman–Crippen MR) is 56.8 cm³/mol. The average molecular weight is 197 g/mol. The van der Waals surface area contributed by atoms with E-state index in [0.717, 1.165) is 5.82 Å². The number of hydrogen-bond acceptors (Lipinski definition) is 3. The smallest absolute Gasteiger partial charge is 0.121 e. The Bertz CT molecular complexity index is 284. The van der Waals surface area contributed by atoms with Crippen molar-refractivity contribution in [3.8, 4) is 0 Å². The highest BCUT2D eigenvalue weighted by atomic mass is 32.2. The summed E-state index contributed by atoms with van der Waals surface area (Å²) in [6.45, 7) is 2.26. The van der Waals surface area contributed by atoms with Crippen molar-refractivity contribution >= 4 is 17.6 Å². The van der Waals surface area contributed by atoms with E-state index in [1.807, 2.05) is 22.5 Å². The number of rotatable bonds is 1. The van der Waals surface area contributed by atoms with Crippen molar-refractivity contribution in [3.63, 3.8) is 0 Å². The molecule has 0 bridgehead atoms. The number of thioether (sulfide) groups is 1. The third-order valence-electron chi connectivity index (χ3n) is 2.58. The number of anilines is 1. The van der Waals surface area contributed by atoms with Crippen LogP contribution in [0.3, 0.4) is 0 Å². The summed E-state index contributed by atoms with van der Waals surface area (Å²) in [5.74, 6) is 2.07. The molecule has 1 aliphatic rings. The van der Waals surface area contributed by atoms with Gasteiger partial charge in [-0.1, -0.05) is 6.92 Å². The first kappa shape index (κ1) is 8.94. The van der Waals surface area contributed by atoms with Gasteiger partial charge in [0.25, 0.3) is 0 Å². The normalized spacial score (nSPS) is 29.0. The van der Waals surface area contributed by atoms with Gasteiger partial charge in [-0.05, 0) is 24.7 Å². The molecule has 2 N–H and O–H groups in total. The van der Waals surface area contributed by atoms with E-state index in [9.17, 15) is 0 Å². The van der Waals surface area contributed by atoms with Crippen LogP contribution in [0.25, 0.3) is 0 Å². The molecular formula is C9H15N3S. The molecule has 0 spiro atoms. The van der Waals surface area contributed by atoms with E-state index >= 15 is 0 Å². The van der Waals surface area contributed by atoms with Gasteiger partial charge in [0.2, 0.25) is 0 Å². The lowest BCUT2D eigenvalue weighted by atomic mass is 10.1. The molecule has 1 aliphatic heterocycles. The van der Waals surface area contributed by atoms with Gasteiger partial charge in [-0.2, -0.15) is 16.9 Å². The van der Waals surface area contributed by atoms with E-state index in [1.54, 1.807) is 6.20 Å². The fraction of sp³-hybridized carbons (Fsp3) is 0.667. The Morgan fingerprint density at radius 2 is 2.54 bits per heavy atom. The molecule has 1 fully saturated rings. The number of aromatic nitrogens is 2. The second-order valence-corrected chi connectivity index (χ2v) is 4.97. The summed E-state index contributed by atoms with van der Waals surface area (Å²) < 4.78 is 1.97. The summed E-state index contributed by atoms with van der Waals surface area (Å²) >= 11 is 2.02. The Hall–Kier alpha value is -0.640. The third-order valence-corrected chi connectivity index (χ3v) is 3.95. The molecule has 1 saturated heterocycles. The van der Waals surface area contributed by atoms with Crippen molar-refractivity contribution in [1.29, 1.82) is 0 Å². The van der Waals surface area contributed by atoms with Crippen LogP contribution in [0, 0.1) is 0 Å². The summed E-state index contributed by atoms with van der Waals surface area (Å²) in [7, 11) is 0. The summed E-state index contributed by atoms with van der Waals surface area (Å²) in [5.41, 5.74) is 5.82. The van der Waals surface area contributed by atoms with Crippen molar-refractivity contribution in [1.82, 2.24) is 9.78 Å². The summed E-state index contributed by atoms with van der Waals surface area (Å²) in [6, 6.07) is 2.36. The highest BCUT2D eigenvalue weighted by molar-refractivity contribution is 7.99. The van der Waals surface area contributed by atoms with Crippen LogP contribution < -0.4 is 5.73 Å². The largest absolute Gasteiger partial charge is 0.384 e. The number of nitrogen functional groups attached to an aromatic ring is 1. The van der Waals surface area contributed by atoms with Gasteiger partial charge < -0.3 is 5.73 Å². The quantitative estimate of drug-likeness (QED) is 0.748. The Morgan fingerprint density at radius 1 is 1.69 bits per heavy atom. The van der Waals surface area contributed by atoms with Gasteiger partial charge in [0.15, 0.2) is 0 Å². The summed E-state index contributed by atoms with van der Waals surface area (Å²) in [5, 5.41) is 4.90. The fourth-order valence-electron chi connectivity index (χ4n) is 1.83. The SMILES string of the molecule is CC1SCCCC1n1nccc1N. The molecule has 0 aromatic carbocycles. The van der Waals surface area contributed by atoms with E-state index in [0.29, 0.717) is 11.3 Å². The van der Waals surface area contributed by atoms with Crippen molar-refractivity contribution in [3.05, 3.63) is 12.3 Å². The molecular weight excluding hydrogens is 182 g/mol. The topological polar surface area (TPSA) is 43.8 Å². The molecule has 0 radical (unpaired) electrons. The van der Waals surface area contributed by atoms with E-state index < -0.39 is 0 Å². The standard InChI is InChI=1S/C9H15N3S/c1-7-8(3-2-6-13-7)12-9(10)4-5-11-12/h4-5,7-8H,2-3,6,10H2,1H3. The van der Waals surface area contributed by atoms with Gasteiger partial charge in [0.1, 0.15) is 5.82 Å². The van der Waals surface area contributed by atoms with E-state index in [-0.39, 0.29) is 0 Å². The molecule has 72 valence electrons. The van der Waals surface area contributed by atoms with Crippen molar-refractivity contribution in [2.24, 2.45) is 0 Å². The second kappa shape index (κ2) is 3.62. The van der Waals surface area contributed by atoms with Crippen LogP contribution in [-0.4, -0.2) is 20.8 Å². The molecule has 2 rings (SSSR count). The molecule has 13 heavy (non-hydrogen) atoms. The molecule has 0 amide bonds. The van der Waals surface area contributed by atoms with Crippen LogP contribution in [0.4, 0.5) is 5.82 Å². The van der Waals surface area contributed by atoms with Crippen LogP contribution in [0.1, 0.15) is 25.8 Å². The zero-order chi connectivity index (χ0) is 9.26. The van der Waals surface area contributed by atoms with Crippen LogP contribution in [0.15, 0.2) is 12.3 Å². The zero-order valence-corrected chi connectivity index (χ0v) is 8.63. The Labute approximate surface area is 82.7 Å². The summed E-state index contributed by atoms with van der Waals surface area (Å²) in [6.07, 6.45) is 4.26. The first-order valence-electron chi connectivity index (χ1n) is 4.69. The van der Waals surface area contributed by atoms with Gasteiger partial charge in [-0.15, -0.1) is 0 Å². The Kier molecular flexibility index (Phi) is 2.49. The van der Waals surface area contributed by atoms with Gasteiger partial charge in [-0.25, -0.2) is 4.68 Å². The van der Waals surface area contributed by atoms with Crippen molar-refractivity contribution in [2.75, 3.05) is 11.5 Å². The van der Waals surface area contributed by atoms with Crippen LogP contribution >= 0.6 is 11.8 Å². The second-order valence-electron chi connectivity index (χ2n) is 3.49. The minimum Gasteiger partial charge on any atom is -0.384 e. The molecule has 1 aromatic rings. The molecule has 0 saturated carbocycles. The van der Waals surface area contributed by atoms with Crippen LogP contribution in [0.2, 0.25) is 0 Å². The molecule has 3 nitrogen and oxygen atoms in total. The molecule has 0 aliphatic carbocycles. The van der Waals surface area contributed by atoms with Gasteiger partial charge in [0.05, 0.1) is 12.2 Å². The maximum absolute atomic E-state index is 5.82. The van der Waals surface area contributed by atoms with Crippen LogP contribution in [-0.2, 0) is 0 Å². The number of hydrogen-bond donors (Lipinski definition) is 1. The van der Waals surface area contributed by atoms with Gasteiger partial charge >= 0.3 is 0 Å². The molecule has 4 heteroatoms. The highest BCUT2D eigenvalue weighted by Crippen LogP contribution is 2.34. The maximum atomic E-state index is 5.82. The van der Waals surface area contributed by atoms with Gasteiger partial charge in [-0.3, -0.25) is 0 Å². The van der Waals surface area contributed by atoms with E-state index in [1.165, 1.54) is 18.6 Å². The molecule has 2 unspecified atom stereocenters. The third kappa shape index (κ3) is 1.68. The highest BCUT2D eigenvalue weighted by Gasteiger charge is 2.24. The lowest BCUT2D eigenvalue weighted by Gasteiger charge is -2.29. The Morgan fingerprint density at radius 3 is 3.15 bits per heavy atom. The maximum Gasteiger partial charge on any atom is 0.121 e. The van der Waals surface area contributed by atoms with E-state index in [2.05, 4.69) is 12.0 Å². The first-order valence-corrected chi connectivity index (χ1v) is 5.74. The average Bonchev–Trinajstić information content (AvgIpc) is 2.52. The number of nitrogens with two attached hydrogens (primary N) is 1. The van der Waals surface area contributed by atoms with Crippen LogP contribution in [0.5, 0.6) is 0 Å². The zero-order valence-electron chi connectivity index (χ0n) is 7.81. The monoisotopic (exact) mass is 197 g/mol. The summed E-state index contributed by atoms with van der Waals surface area (Å²) in [4.78, 5) is 0. The number of nitrogens with zero attached hydrogens (tertiary/aromatic N) is 2. The minimum absolute atomic E-state index is 0.494. The van der Waals surface area contributed by atoms with Crippen molar-refractivity contribution in [2.45, 2.75) is 31.1 Å². The molecule has 1 aromatic heterocycles. The van der Waals surface area contributed by atoms with E-state index in [4.69, 9.17) is 5.73 Å². The fourth-order valence-corrected chi connectivity index (χ4v) is 3.01. The first-order chi connectivity index (χ1) is 6.29. The molecule has 2 heterocycles. The lowest BCUT2D eigenvalue weighted by Crippen LogP contribution is -2.25. The molecule has 2 atom stereocenters. The van der Waals surface area contributed by atoms with Gasteiger partial charge in [0, 0.05) is 5.25 Å². The minimum atomic E-state index is 0.494. The van der Waals surface area contributed by atoms with Crippen molar-refractivity contribution < 1.29 is 0 Å². The Balaban J connectivity index is 2.19. The predicted octanol–water partition coefficient (Wildman–Crippen LogP) is 1.92.